The molecule has 4 N–H and O–H groups in total. The third-order valence-corrected chi connectivity index (χ3v) is 9.95. The summed E-state index contributed by atoms with van der Waals surface area (Å²) in [4.78, 5) is 47.6. The Balaban J connectivity index is 4.32. The molecule has 0 aliphatic rings. The molecule has 2 unspecified atom stereocenters. The highest BCUT2D eigenvalue weighted by atomic mass is 16.5. The van der Waals surface area contributed by atoms with Crippen molar-refractivity contribution in [3.63, 3.8) is 0 Å². The molecule has 0 rings (SSSR count). The molecular weight excluding hydrogens is 681 g/mol. The third-order valence-electron chi connectivity index (χ3n) is 9.95. The summed E-state index contributed by atoms with van der Waals surface area (Å²) in [7, 11) is 0. The smallest absolute Gasteiger partial charge is 0.328 e. The number of esters is 1. The van der Waals surface area contributed by atoms with Gasteiger partial charge in [0.1, 0.15) is 12.1 Å². The standard InChI is InChI=1S/C45H82N2O7/c1-3-5-7-9-11-13-15-17-18-20-22-24-29-33-37-44(51)54-40(34-30-26-23-21-19-16-14-12-10-8-6-4-2)35-31-27-25-28-32-36-42(49)46-38-43(50)47-41(39-48)45(52)53/h9,11,15,17,40-41,48H,3-8,10,12-14,16,18-39H2,1-2H3,(H,46,49)(H,47,50)(H,52,53)/b11-9-,17-15-. The minimum Gasteiger partial charge on any atom is -0.480 e. The number of carbonyl (C=O) groups is 4. The van der Waals surface area contributed by atoms with Crippen LogP contribution in [-0.2, 0) is 23.9 Å². The van der Waals surface area contributed by atoms with Gasteiger partial charge in [0.05, 0.1) is 13.2 Å². The summed E-state index contributed by atoms with van der Waals surface area (Å²) in [6.45, 7) is 3.45. The van der Waals surface area contributed by atoms with E-state index in [1.54, 1.807) is 0 Å². The zero-order valence-corrected chi connectivity index (χ0v) is 34.7. The van der Waals surface area contributed by atoms with E-state index in [1.807, 2.05) is 0 Å². The number of aliphatic hydroxyl groups is 1. The number of carboxylic acids is 1. The number of aliphatic hydroxyl groups excluding tert-OH is 1. The van der Waals surface area contributed by atoms with E-state index in [9.17, 15) is 19.2 Å². The van der Waals surface area contributed by atoms with Gasteiger partial charge in [-0.25, -0.2) is 4.79 Å². The quantitative estimate of drug-likeness (QED) is 0.0276. The highest BCUT2D eigenvalue weighted by molar-refractivity contribution is 5.87. The molecule has 0 saturated carbocycles. The number of allylic oxidation sites excluding steroid dienone is 4. The number of unbranched alkanes of at least 4 members (excludes halogenated alkanes) is 22. The van der Waals surface area contributed by atoms with Crippen molar-refractivity contribution in [3.05, 3.63) is 24.3 Å². The van der Waals surface area contributed by atoms with Crippen molar-refractivity contribution in [1.82, 2.24) is 10.6 Å². The van der Waals surface area contributed by atoms with Gasteiger partial charge in [0.2, 0.25) is 11.8 Å². The van der Waals surface area contributed by atoms with E-state index in [-0.39, 0.29) is 24.5 Å². The summed E-state index contributed by atoms with van der Waals surface area (Å²) in [5, 5.41) is 22.6. The fourth-order valence-electron chi connectivity index (χ4n) is 6.50. The number of hydrogen-bond donors (Lipinski definition) is 4. The lowest BCUT2D eigenvalue weighted by Gasteiger charge is -2.18. The molecule has 2 amide bonds. The predicted octanol–water partition coefficient (Wildman–Crippen LogP) is 10.8. The van der Waals surface area contributed by atoms with Gasteiger partial charge in [0.25, 0.3) is 0 Å². The molecular formula is C45H82N2O7. The Labute approximate surface area is 330 Å². The average Bonchev–Trinajstić information content (AvgIpc) is 3.15. The van der Waals surface area contributed by atoms with E-state index in [1.165, 1.54) is 103 Å². The fraction of sp³-hybridized carbons (Fsp3) is 0.822. The Morgan fingerprint density at radius 2 is 1.02 bits per heavy atom. The van der Waals surface area contributed by atoms with Gasteiger partial charge in [-0.15, -0.1) is 0 Å². The lowest BCUT2D eigenvalue weighted by atomic mass is 10.0. The second kappa shape index (κ2) is 40.0. The number of carboxylic acid groups (broad SMARTS) is 1. The van der Waals surface area contributed by atoms with Crippen LogP contribution in [0, 0.1) is 0 Å². The number of aliphatic carboxylic acids is 1. The van der Waals surface area contributed by atoms with Crippen LogP contribution < -0.4 is 10.6 Å². The second-order valence-corrected chi connectivity index (χ2v) is 15.1. The van der Waals surface area contributed by atoms with Crippen LogP contribution in [0.1, 0.15) is 213 Å². The van der Waals surface area contributed by atoms with E-state index in [0.717, 1.165) is 77.0 Å². The van der Waals surface area contributed by atoms with Gasteiger partial charge < -0.3 is 25.6 Å². The first-order valence-electron chi connectivity index (χ1n) is 22.2. The van der Waals surface area contributed by atoms with Gasteiger partial charge in [-0.2, -0.15) is 0 Å². The van der Waals surface area contributed by atoms with Crippen molar-refractivity contribution in [1.29, 1.82) is 0 Å². The van der Waals surface area contributed by atoms with E-state index in [0.29, 0.717) is 19.3 Å². The fourth-order valence-corrected chi connectivity index (χ4v) is 6.50. The molecule has 0 radical (unpaired) electrons. The van der Waals surface area contributed by atoms with Gasteiger partial charge in [0.15, 0.2) is 0 Å². The van der Waals surface area contributed by atoms with Gasteiger partial charge in [0, 0.05) is 12.8 Å². The van der Waals surface area contributed by atoms with Gasteiger partial charge >= 0.3 is 11.9 Å². The highest BCUT2D eigenvalue weighted by Gasteiger charge is 2.19. The number of carbonyl (C=O) groups excluding carboxylic acids is 3. The Kier molecular flexibility index (Phi) is 38.0. The molecule has 9 nitrogen and oxygen atoms in total. The van der Waals surface area contributed by atoms with Crippen molar-refractivity contribution in [2.45, 2.75) is 225 Å². The molecule has 0 heterocycles. The zero-order chi connectivity index (χ0) is 39.7. The molecule has 0 aromatic rings. The molecule has 0 aromatic carbocycles. The topological polar surface area (TPSA) is 142 Å². The molecule has 0 aliphatic heterocycles. The lowest BCUT2D eigenvalue weighted by Crippen LogP contribution is -2.47. The van der Waals surface area contributed by atoms with Gasteiger partial charge in [-0.1, -0.05) is 160 Å². The van der Waals surface area contributed by atoms with Crippen LogP contribution in [0.3, 0.4) is 0 Å². The average molecular weight is 763 g/mol. The Morgan fingerprint density at radius 3 is 1.54 bits per heavy atom. The molecule has 0 aromatic heterocycles. The molecule has 0 aliphatic carbocycles. The minimum atomic E-state index is -1.38. The number of nitrogens with one attached hydrogen (secondary N) is 2. The monoisotopic (exact) mass is 763 g/mol. The predicted molar refractivity (Wildman–Crippen MR) is 222 cm³/mol. The van der Waals surface area contributed by atoms with E-state index in [4.69, 9.17) is 14.9 Å². The van der Waals surface area contributed by atoms with Crippen molar-refractivity contribution < 1.29 is 34.1 Å². The number of amides is 2. The van der Waals surface area contributed by atoms with Crippen LogP contribution in [0.25, 0.3) is 0 Å². The van der Waals surface area contributed by atoms with Crippen LogP contribution in [0.2, 0.25) is 0 Å². The van der Waals surface area contributed by atoms with E-state index >= 15 is 0 Å². The number of rotatable bonds is 40. The Morgan fingerprint density at radius 1 is 0.556 bits per heavy atom. The molecule has 0 bridgehead atoms. The van der Waals surface area contributed by atoms with Gasteiger partial charge in [-0.05, 0) is 64.2 Å². The van der Waals surface area contributed by atoms with E-state index in [2.05, 4.69) is 48.8 Å². The molecule has 9 heteroatoms. The number of ether oxygens (including phenoxy) is 1. The maximum atomic E-state index is 12.8. The molecule has 314 valence electrons. The second-order valence-electron chi connectivity index (χ2n) is 15.1. The Bertz CT molecular complexity index is 968. The first kappa shape index (κ1) is 51.3. The SMILES string of the molecule is CCCC/C=C\C/C=C\CCCCCCCC(=O)OC(CCCCCCCCCCCCCC)CCCCCCCC(=O)NCC(=O)NC(CO)C(=O)O. The zero-order valence-electron chi connectivity index (χ0n) is 34.7. The van der Waals surface area contributed by atoms with Crippen LogP contribution in [-0.4, -0.2) is 59.3 Å². The van der Waals surface area contributed by atoms with Crippen molar-refractivity contribution in [2.75, 3.05) is 13.2 Å². The highest BCUT2D eigenvalue weighted by Crippen LogP contribution is 2.19. The molecule has 54 heavy (non-hydrogen) atoms. The Hall–Kier alpha value is -2.68. The van der Waals surface area contributed by atoms with Crippen LogP contribution in [0.4, 0.5) is 0 Å². The number of hydrogen-bond acceptors (Lipinski definition) is 6. The summed E-state index contributed by atoms with van der Waals surface area (Å²) in [6, 6.07) is -1.38. The van der Waals surface area contributed by atoms with Crippen LogP contribution >= 0.6 is 0 Å². The summed E-state index contributed by atoms with van der Waals surface area (Å²) in [6.07, 6.45) is 43.4. The summed E-state index contributed by atoms with van der Waals surface area (Å²) < 4.78 is 6.03. The summed E-state index contributed by atoms with van der Waals surface area (Å²) >= 11 is 0. The minimum absolute atomic E-state index is 0.0163. The molecule has 0 saturated heterocycles. The van der Waals surface area contributed by atoms with Crippen LogP contribution in [0.5, 0.6) is 0 Å². The van der Waals surface area contributed by atoms with Crippen molar-refractivity contribution in [3.8, 4) is 0 Å². The molecule has 0 spiro atoms. The van der Waals surface area contributed by atoms with Crippen molar-refractivity contribution >= 4 is 23.8 Å². The molecule has 2 atom stereocenters. The third kappa shape index (κ3) is 36.3. The largest absolute Gasteiger partial charge is 0.480 e. The van der Waals surface area contributed by atoms with Crippen LogP contribution in [0.15, 0.2) is 24.3 Å². The van der Waals surface area contributed by atoms with Crippen molar-refractivity contribution in [2.24, 2.45) is 0 Å². The normalized spacial score (nSPS) is 12.6. The summed E-state index contributed by atoms with van der Waals surface area (Å²) in [5.41, 5.74) is 0. The first-order chi connectivity index (χ1) is 26.3. The maximum absolute atomic E-state index is 12.8. The van der Waals surface area contributed by atoms with E-state index < -0.39 is 24.5 Å². The molecule has 0 fully saturated rings. The maximum Gasteiger partial charge on any atom is 0.328 e. The lowest BCUT2D eigenvalue weighted by molar-refractivity contribution is -0.150. The van der Waals surface area contributed by atoms with Gasteiger partial charge in [-0.3, -0.25) is 14.4 Å². The summed E-state index contributed by atoms with van der Waals surface area (Å²) in [5.74, 6) is -2.30. The first-order valence-corrected chi connectivity index (χ1v) is 22.2.